The molecule has 92 valence electrons. The smallest absolute Gasteiger partial charge is 0.118 e. The van der Waals surface area contributed by atoms with E-state index in [1.165, 1.54) is 38.5 Å². The van der Waals surface area contributed by atoms with Crippen molar-refractivity contribution in [1.82, 2.24) is 0 Å². The highest BCUT2D eigenvalue weighted by Gasteiger charge is 1.98. The number of rotatable bonds is 7. The van der Waals surface area contributed by atoms with Gasteiger partial charge in [0.1, 0.15) is 5.75 Å². The normalized spacial score (nSPS) is 9.81. The minimum Gasteiger partial charge on any atom is -0.508 e. The zero-order valence-corrected chi connectivity index (χ0v) is 10.2. The number of benzene rings is 1. The van der Waals surface area contributed by atoms with Gasteiger partial charge in [-0.05, 0) is 24.5 Å². The van der Waals surface area contributed by atoms with E-state index in [4.69, 9.17) is 0 Å². The number of hydrogen-bond donors (Lipinski definition) is 1. The molecule has 1 rings (SSSR count). The molecule has 0 bridgehead atoms. The van der Waals surface area contributed by atoms with Crippen LogP contribution < -0.4 is 0 Å². The molecule has 0 aromatic heterocycles. The number of phenolic OH excluding ortho intramolecular Hbond substituents is 1. The highest BCUT2D eigenvalue weighted by atomic mass is 16.3. The van der Waals surface area contributed by atoms with Crippen LogP contribution in [0.25, 0.3) is 0 Å². The van der Waals surface area contributed by atoms with Crippen LogP contribution in [0.1, 0.15) is 51.0 Å². The number of unbranched alkanes of at least 4 members (excludes halogenated alkanes) is 5. The second-order valence-corrected chi connectivity index (χ2v) is 4.15. The van der Waals surface area contributed by atoms with Gasteiger partial charge >= 0.3 is 0 Å². The summed E-state index contributed by atoms with van der Waals surface area (Å²) in [6.45, 7) is 2.24. The summed E-state index contributed by atoms with van der Waals surface area (Å²) < 4.78 is 0. The van der Waals surface area contributed by atoms with Crippen LogP contribution in [-0.2, 0) is 6.42 Å². The molecule has 0 fully saturated rings. The van der Waals surface area contributed by atoms with E-state index >= 15 is 0 Å². The predicted molar refractivity (Wildman–Crippen MR) is 68.8 cm³/mol. The first kappa shape index (κ1) is 15.0. The SMILES string of the molecule is CCCCCCCCc1ccccc1O.O. The number of hydrogen-bond acceptors (Lipinski definition) is 1. The monoisotopic (exact) mass is 224 g/mol. The van der Waals surface area contributed by atoms with Crippen molar-refractivity contribution in [3.05, 3.63) is 29.8 Å². The van der Waals surface area contributed by atoms with Crippen molar-refractivity contribution in [3.63, 3.8) is 0 Å². The van der Waals surface area contributed by atoms with Crippen molar-refractivity contribution < 1.29 is 10.6 Å². The van der Waals surface area contributed by atoms with Crippen LogP contribution in [0.15, 0.2) is 24.3 Å². The molecule has 3 N–H and O–H groups in total. The lowest BCUT2D eigenvalue weighted by Crippen LogP contribution is -1.86. The van der Waals surface area contributed by atoms with Crippen molar-refractivity contribution in [2.24, 2.45) is 0 Å². The summed E-state index contributed by atoms with van der Waals surface area (Å²) in [5, 5.41) is 9.55. The van der Waals surface area contributed by atoms with Crippen LogP contribution in [0.2, 0.25) is 0 Å². The molecule has 0 aliphatic carbocycles. The highest BCUT2D eigenvalue weighted by molar-refractivity contribution is 5.31. The molecule has 0 saturated carbocycles. The van der Waals surface area contributed by atoms with Gasteiger partial charge in [0.05, 0.1) is 0 Å². The summed E-state index contributed by atoms with van der Waals surface area (Å²) in [6, 6.07) is 7.65. The van der Waals surface area contributed by atoms with Gasteiger partial charge in [0.25, 0.3) is 0 Å². The highest BCUT2D eigenvalue weighted by Crippen LogP contribution is 2.18. The number of aromatic hydroxyl groups is 1. The minimum atomic E-state index is 0. The van der Waals surface area contributed by atoms with Crippen molar-refractivity contribution in [2.75, 3.05) is 0 Å². The van der Waals surface area contributed by atoms with E-state index in [9.17, 15) is 5.11 Å². The Bertz CT molecular complexity index is 271. The lowest BCUT2D eigenvalue weighted by atomic mass is 10.0. The molecular formula is C14H24O2. The molecule has 0 atom stereocenters. The molecule has 0 spiro atoms. The van der Waals surface area contributed by atoms with Gasteiger partial charge in [-0.25, -0.2) is 0 Å². The fourth-order valence-electron chi connectivity index (χ4n) is 1.82. The van der Waals surface area contributed by atoms with Crippen LogP contribution in [0.3, 0.4) is 0 Å². The molecule has 1 aromatic rings. The van der Waals surface area contributed by atoms with E-state index in [0.29, 0.717) is 5.75 Å². The van der Waals surface area contributed by atoms with E-state index in [-0.39, 0.29) is 5.48 Å². The van der Waals surface area contributed by atoms with Crippen molar-refractivity contribution >= 4 is 0 Å². The zero-order chi connectivity index (χ0) is 10.9. The van der Waals surface area contributed by atoms with Crippen molar-refractivity contribution in [2.45, 2.75) is 51.9 Å². The molecule has 0 aliphatic rings. The first-order valence-electron chi connectivity index (χ1n) is 6.11. The summed E-state index contributed by atoms with van der Waals surface area (Å²) in [5.41, 5.74) is 1.09. The van der Waals surface area contributed by atoms with E-state index < -0.39 is 0 Å². The maximum atomic E-state index is 9.55. The summed E-state index contributed by atoms with van der Waals surface area (Å²) in [7, 11) is 0. The van der Waals surface area contributed by atoms with Gasteiger partial charge < -0.3 is 10.6 Å². The van der Waals surface area contributed by atoms with Crippen LogP contribution in [-0.4, -0.2) is 10.6 Å². The number of aryl methyl sites for hydroxylation is 1. The molecule has 0 unspecified atom stereocenters. The first-order chi connectivity index (χ1) is 7.34. The Labute approximate surface area is 98.6 Å². The molecule has 0 radical (unpaired) electrons. The standard InChI is InChI=1S/C14H22O.H2O/c1-2-3-4-5-6-7-10-13-11-8-9-12-14(13)15;/h8-9,11-12,15H,2-7,10H2,1H3;1H2. The fraction of sp³-hybridized carbons (Fsp3) is 0.571. The third-order valence-corrected chi connectivity index (χ3v) is 2.79. The van der Waals surface area contributed by atoms with Crippen molar-refractivity contribution in [1.29, 1.82) is 0 Å². The Hall–Kier alpha value is -1.02. The lowest BCUT2D eigenvalue weighted by molar-refractivity contribution is 0.466. The van der Waals surface area contributed by atoms with Crippen molar-refractivity contribution in [3.8, 4) is 5.75 Å². The average molecular weight is 224 g/mol. The van der Waals surface area contributed by atoms with Crippen LogP contribution in [0.5, 0.6) is 5.75 Å². The van der Waals surface area contributed by atoms with E-state index in [2.05, 4.69) is 6.92 Å². The van der Waals surface area contributed by atoms with Gasteiger partial charge in [-0.2, -0.15) is 0 Å². The fourth-order valence-corrected chi connectivity index (χ4v) is 1.82. The molecule has 16 heavy (non-hydrogen) atoms. The number of para-hydroxylation sites is 1. The van der Waals surface area contributed by atoms with Gasteiger partial charge in [-0.3, -0.25) is 0 Å². The topological polar surface area (TPSA) is 51.7 Å². The molecule has 0 saturated heterocycles. The Morgan fingerprint density at radius 2 is 1.56 bits per heavy atom. The van der Waals surface area contributed by atoms with E-state index in [1.807, 2.05) is 18.2 Å². The van der Waals surface area contributed by atoms with E-state index in [0.717, 1.165) is 12.0 Å². The molecule has 0 aliphatic heterocycles. The summed E-state index contributed by atoms with van der Waals surface area (Å²) in [4.78, 5) is 0. The maximum Gasteiger partial charge on any atom is 0.118 e. The largest absolute Gasteiger partial charge is 0.508 e. The molecule has 1 aromatic carbocycles. The lowest BCUT2D eigenvalue weighted by Gasteiger charge is -2.03. The van der Waals surface area contributed by atoms with E-state index in [1.54, 1.807) is 6.07 Å². The van der Waals surface area contributed by atoms with Crippen LogP contribution in [0.4, 0.5) is 0 Å². The predicted octanol–water partition coefficient (Wildman–Crippen LogP) is 3.47. The quantitative estimate of drug-likeness (QED) is 0.708. The Balaban J connectivity index is 0.00000225. The van der Waals surface area contributed by atoms with Gasteiger partial charge in [0, 0.05) is 0 Å². The average Bonchev–Trinajstić information content (AvgIpc) is 2.25. The third kappa shape index (κ3) is 5.76. The molecule has 0 amide bonds. The Kier molecular flexibility index (Phi) is 8.64. The molecule has 0 heterocycles. The molecular weight excluding hydrogens is 200 g/mol. The third-order valence-electron chi connectivity index (χ3n) is 2.79. The summed E-state index contributed by atoms with van der Waals surface area (Å²) >= 11 is 0. The first-order valence-corrected chi connectivity index (χ1v) is 6.11. The molecule has 2 heteroatoms. The van der Waals surface area contributed by atoms with Gasteiger partial charge in [-0.15, -0.1) is 0 Å². The second-order valence-electron chi connectivity index (χ2n) is 4.15. The van der Waals surface area contributed by atoms with Crippen LogP contribution in [0, 0.1) is 0 Å². The maximum absolute atomic E-state index is 9.55. The Morgan fingerprint density at radius 1 is 0.938 bits per heavy atom. The summed E-state index contributed by atoms with van der Waals surface area (Å²) in [5.74, 6) is 0.450. The van der Waals surface area contributed by atoms with Gasteiger partial charge in [0.2, 0.25) is 0 Å². The van der Waals surface area contributed by atoms with Crippen LogP contribution >= 0.6 is 0 Å². The second kappa shape index (κ2) is 9.22. The number of phenols is 1. The molecule has 2 nitrogen and oxygen atoms in total. The summed E-state index contributed by atoms with van der Waals surface area (Å²) in [6.07, 6.45) is 8.85. The minimum absolute atomic E-state index is 0. The Morgan fingerprint density at radius 3 is 2.25 bits per heavy atom. The van der Waals surface area contributed by atoms with Gasteiger partial charge in [0.15, 0.2) is 0 Å². The zero-order valence-electron chi connectivity index (χ0n) is 10.2. The van der Waals surface area contributed by atoms with Gasteiger partial charge in [-0.1, -0.05) is 57.2 Å².